The summed E-state index contributed by atoms with van der Waals surface area (Å²) in [6, 6.07) is 11.9. The molecule has 2 atom stereocenters. The number of benzene rings is 2. The highest BCUT2D eigenvalue weighted by Crippen LogP contribution is 2.40. The van der Waals surface area contributed by atoms with Crippen molar-refractivity contribution >= 4 is 27.5 Å². The zero-order chi connectivity index (χ0) is 23.3. The van der Waals surface area contributed by atoms with Crippen LogP contribution < -0.4 is 14.8 Å². The van der Waals surface area contributed by atoms with Gasteiger partial charge in [0.15, 0.2) is 0 Å². The molecular weight excluding hydrogens is 450 g/mol. The Morgan fingerprint density at radius 1 is 1.26 bits per heavy atom. The van der Waals surface area contributed by atoms with E-state index < -0.39 is 0 Å². The highest BCUT2D eigenvalue weighted by Gasteiger charge is 2.38. The van der Waals surface area contributed by atoms with Crippen molar-refractivity contribution in [2.24, 2.45) is 0 Å². The number of aromatic nitrogens is 1. The number of morpholine rings is 1. The molecule has 5 rings (SSSR count). The van der Waals surface area contributed by atoms with Crippen LogP contribution in [0.3, 0.4) is 0 Å². The maximum atomic E-state index is 12.4. The average Bonchev–Trinajstić information content (AvgIpc) is 3.34. The van der Waals surface area contributed by atoms with Crippen LogP contribution in [0.2, 0.25) is 0 Å². The second-order valence-electron chi connectivity index (χ2n) is 8.75. The summed E-state index contributed by atoms with van der Waals surface area (Å²) in [5, 5.41) is 2.98. The molecule has 2 aliphatic rings. The van der Waals surface area contributed by atoms with Crippen molar-refractivity contribution in [3.63, 3.8) is 0 Å². The molecule has 34 heavy (non-hydrogen) atoms. The first-order chi connectivity index (χ1) is 16.7. The number of nitrogens with one attached hydrogen (secondary N) is 1. The van der Waals surface area contributed by atoms with Gasteiger partial charge in [0.25, 0.3) is 5.91 Å². The molecule has 0 spiro atoms. The molecule has 0 unspecified atom stereocenters. The third kappa shape index (κ3) is 5.04. The fourth-order valence-corrected chi connectivity index (χ4v) is 5.34. The third-order valence-electron chi connectivity index (χ3n) is 6.42. The number of nitrogens with zero attached hydrogens (tertiary/aromatic N) is 2. The maximum Gasteiger partial charge on any atom is 0.251 e. The van der Waals surface area contributed by atoms with E-state index in [4.69, 9.17) is 14.2 Å². The molecule has 8 heteroatoms. The van der Waals surface area contributed by atoms with Crippen LogP contribution in [0.25, 0.3) is 10.2 Å². The van der Waals surface area contributed by atoms with Gasteiger partial charge in [-0.15, -0.1) is 11.3 Å². The van der Waals surface area contributed by atoms with E-state index >= 15 is 0 Å². The van der Waals surface area contributed by atoms with Crippen LogP contribution in [0, 0.1) is 0 Å². The monoisotopic (exact) mass is 481 g/mol. The number of amides is 1. The van der Waals surface area contributed by atoms with E-state index in [1.807, 2.05) is 30.3 Å². The summed E-state index contributed by atoms with van der Waals surface area (Å²) >= 11 is 1.57. The minimum absolute atomic E-state index is 0.0336. The lowest BCUT2D eigenvalue weighted by atomic mass is 9.96. The van der Waals surface area contributed by atoms with Crippen LogP contribution in [0.4, 0.5) is 0 Å². The zero-order valence-electron chi connectivity index (χ0n) is 19.5. The molecule has 0 aliphatic carbocycles. The molecule has 2 aromatic carbocycles. The predicted octanol–water partition coefficient (Wildman–Crippen LogP) is 4.43. The lowest BCUT2D eigenvalue weighted by Crippen LogP contribution is -2.52. The second kappa shape index (κ2) is 10.7. The Kier molecular flexibility index (Phi) is 7.27. The van der Waals surface area contributed by atoms with E-state index in [-0.39, 0.29) is 18.1 Å². The van der Waals surface area contributed by atoms with Crippen molar-refractivity contribution in [3.8, 4) is 11.5 Å². The van der Waals surface area contributed by atoms with Crippen molar-refractivity contribution in [2.45, 2.75) is 38.3 Å². The maximum absolute atomic E-state index is 12.4. The van der Waals surface area contributed by atoms with Crippen molar-refractivity contribution in [1.82, 2.24) is 15.2 Å². The minimum atomic E-state index is -0.0651. The molecule has 7 nitrogen and oxygen atoms in total. The summed E-state index contributed by atoms with van der Waals surface area (Å²) in [7, 11) is 0. The minimum Gasteiger partial charge on any atom is -0.494 e. The van der Waals surface area contributed by atoms with Gasteiger partial charge in [-0.2, -0.15) is 0 Å². The Morgan fingerprint density at radius 3 is 3.12 bits per heavy atom. The Hall–Kier alpha value is -2.68. The number of hydrogen-bond donors (Lipinski definition) is 1. The standard InChI is InChI=1S/C26H31N3O4S/c1-2-10-29-11-13-32-25-20-15-19(6-7-23(20)33-16-22(25)29)31-12-4-3-9-27-26(30)18-5-8-24-21(14-18)28-17-34-24/h5-8,14-15,17,22,25H,2-4,9-13,16H2,1H3,(H,27,30)/t22-,25-/m1/s1. The van der Waals surface area contributed by atoms with Crippen LogP contribution in [0.15, 0.2) is 41.9 Å². The molecule has 3 aromatic rings. The van der Waals surface area contributed by atoms with Gasteiger partial charge in [-0.3, -0.25) is 9.69 Å². The largest absolute Gasteiger partial charge is 0.494 e. The number of carbonyl (C=O) groups excluding carboxylic acids is 1. The first kappa shape index (κ1) is 23.1. The van der Waals surface area contributed by atoms with Gasteiger partial charge in [0.05, 0.1) is 35.0 Å². The summed E-state index contributed by atoms with van der Waals surface area (Å²) in [4.78, 5) is 19.1. The van der Waals surface area contributed by atoms with Crippen LogP contribution in [-0.2, 0) is 4.74 Å². The third-order valence-corrected chi connectivity index (χ3v) is 7.23. The quantitative estimate of drug-likeness (QED) is 0.456. The lowest BCUT2D eigenvalue weighted by molar-refractivity contribution is -0.0957. The Labute approximate surface area is 204 Å². The van der Waals surface area contributed by atoms with Crippen molar-refractivity contribution in [3.05, 3.63) is 53.0 Å². The number of ether oxygens (including phenoxy) is 3. The Morgan fingerprint density at radius 2 is 2.21 bits per heavy atom. The molecule has 1 fully saturated rings. The SMILES string of the molecule is CCCN1CCO[C@@H]2c3cc(OCCCCNC(=O)c4ccc5scnc5c4)ccc3OC[C@H]21. The number of rotatable bonds is 9. The zero-order valence-corrected chi connectivity index (χ0v) is 20.3. The lowest BCUT2D eigenvalue weighted by Gasteiger charge is -2.44. The molecule has 180 valence electrons. The molecule has 1 saturated heterocycles. The summed E-state index contributed by atoms with van der Waals surface area (Å²) in [5.41, 5.74) is 4.39. The van der Waals surface area contributed by atoms with E-state index in [0.717, 1.165) is 66.2 Å². The van der Waals surface area contributed by atoms with Gasteiger partial charge in [-0.25, -0.2) is 4.98 Å². The van der Waals surface area contributed by atoms with E-state index in [2.05, 4.69) is 28.2 Å². The molecule has 1 aromatic heterocycles. The van der Waals surface area contributed by atoms with Crippen molar-refractivity contribution in [2.75, 3.05) is 39.5 Å². The molecule has 0 saturated carbocycles. The van der Waals surface area contributed by atoms with Crippen LogP contribution in [-0.4, -0.2) is 61.3 Å². The van der Waals surface area contributed by atoms with Crippen molar-refractivity contribution in [1.29, 1.82) is 0 Å². The fourth-order valence-electron chi connectivity index (χ4n) is 4.69. The first-order valence-corrected chi connectivity index (χ1v) is 13.0. The first-order valence-electron chi connectivity index (χ1n) is 12.1. The molecule has 2 aliphatic heterocycles. The van der Waals surface area contributed by atoms with Gasteiger partial charge in [-0.05, 0) is 62.2 Å². The molecule has 3 heterocycles. The normalized spacial score (nSPS) is 19.8. The van der Waals surface area contributed by atoms with Gasteiger partial charge in [-0.1, -0.05) is 6.92 Å². The Balaban J connectivity index is 1.08. The molecule has 1 N–H and O–H groups in total. The number of fused-ring (bicyclic) bond motifs is 4. The predicted molar refractivity (Wildman–Crippen MR) is 133 cm³/mol. The molecule has 0 bridgehead atoms. The van der Waals surface area contributed by atoms with Gasteiger partial charge in [0.1, 0.15) is 24.2 Å². The summed E-state index contributed by atoms with van der Waals surface area (Å²) in [5.74, 6) is 1.66. The van der Waals surface area contributed by atoms with Gasteiger partial charge in [0.2, 0.25) is 0 Å². The highest BCUT2D eigenvalue weighted by atomic mass is 32.1. The second-order valence-corrected chi connectivity index (χ2v) is 9.64. The van der Waals surface area contributed by atoms with Gasteiger partial charge in [0, 0.05) is 24.2 Å². The highest BCUT2D eigenvalue weighted by molar-refractivity contribution is 7.16. The van der Waals surface area contributed by atoms with Crippen LogP contribution in [0.1, 0.15) is 48.2 Å². The number of unbranched alkanes of at least 4 members (excludes halogenated alkanes) is 1. The van der Waals surface area contributed by atoms with E-state index in [1.165, 1.54) is 0 Å². The topological polar surface area (TPSA) is 72.9 Å². The van der Waals surface area contributed by atoms with E-state index in [9.17, 15) is 4.79 Å². The molecule has 0 radical (unpaired) electrons. The van der Waals surface area contributed by atoms with E-state index in [0.29, 0.717) is 25.3 Å². The number of carbonyl (C=O) groups is 1. The summed E-state index contributed by atoms with van der Waals surface area (Å²) in [6.07, 6.45) is 2.86. The molecule has 1 amide bonds. The van der Waals surface area contributed by atoms with Gasteiger partial charge >= 0.3 is 0 Å². The number of hydrogen-bond acceptors (Lipinski definition) is 7. The van der Waals surface area contributed by atoms with E-state index in [1.54, 1.807) is 16.8 Å². The smallest absolute Gasteiger partial charge is 0.251 e. The average molecular weight is 482 g/mol. The van der Waals surface area contributed by atoms with Crippen LogP contribution >= 0.6 is 11.3 Å². The summed E-state index contributed by atoms with van der Waals surface area (Å²) in [6.45, 7) is 6.85. The summed E-state index contributed by atoms with van der Waals surface area (Å²) < 4.78 is 19.3. The van der Waals surface area contributed by atoms with Gasteiger partial charge < -0.3 is 19.5 Å². The molecular formula is C26H31N3O4S. The fraction of sp³-hybridized carbons (Fsp3) is 0.462. The number of thiazole rings is 1. The Bertz CT molecular complexity index is 1130. The van der Waals surface area contributed by atoms with Crippen molar-refractivity contribution < 1.29 is 19.0 Å². The van der Waals surface area contributed by atoms with Crippen LogP contribution in [0.5, 0.6) is 11.5 Å².